The predicted molar refractivity (Wildman–Crippen MR) is 80.5 cm³/mol. The monoisotopic (exact) mass is 293 g/mol. The molecule has 0 radical (unpaired) electrons. The fourth-order valence-corrected chi connectivity index (χ4v) is 2.49. The maximum Gasteiger partial charge on any atom is 0.165 e. The van der Waals surface area contributed by atoms with E-state index < -0.39 is 0 Å². The molecule has 0 atom stereocenters. The number of nitrogens with zero attached hydrogens (tertiary/aromatic N) is 4. The van der Waals surface area contributed by atoms with Gasteiger partial charge in [-0.25, -0.2) is 15.0 Å². The third kappa shape index (κ3) is 2.46. The quantitative estimate of drug-likeness (QED) is 0.921. The summed E-state index contributed by atoms with van der Waals surface area (Å²) in [4.78, 5) is 14.0. The molecule has 0 saturated heterocycles. The Labute approximate surface area is 125 Å². The summed E-state index contributed by atoms with van der Waals surface area (Å²) in [5, 5.41) is 3.29. The average Bonchev–Trinajstić information content (AvgIpc) is 3.32. The molecule has 0 aromatic rings. The van der Waals surface area contributed by atoms with Crippen LogP contribution in [0.2, 0.25) is 0 Å². The Hall–Kier alpha value is -1.36. The first-order valence-electron chi connectivity index (χ1n) is 7.31. The van der Waals surface area contributed by atoms with Crippen LogP contribution in [-0.4, -0.2) is 26.1 Å². The van der Waals surface area contributed by atoms with Gasteiger partial charge in [0, 0.05) is 19.0 Å². The lowest BCUT2D eigenvalue weighted by atomic mass is 10.3. The molecule has 2 saturated carbocycles. The topological polar surface area (TPSA) is 55.6 Å². The van der Waals surface area contributed by atoms with Gasteiger partial charge in [-0.2, -0.15) is 0 Å². The summed E-state index contributed by atoms with van der Waals surface area (Å²) >= 11 is 0. The molecule has 4 aliphatic rings. The van der Waals surface area contributed by atoms with Crippen molar-refractivity contribution >= 4 is 18.2 Å². The fourth-order valence-electron chi connectivity index (χ4n) is 2.49. The van der Waals surface area contributed by atoms with E-state index in [4.69, 9.17) is 9.97 Å². The van der Waals surface area contributed by atoms with Crippen LogP contribution in [0.15, 0.2) is 6.33 Å². The summed E-state index contributed by atoms with van der Waals surface area (Å²) in [6, 6.07) is 0. The van der Waals surface area contributed by atoms with E-state index in [1.165, 1.54) is 25.7 Å². The molecule has 2 fully saturated rings. The van der Waals surface area contributed by atoms with Crippen molar-refractivity contribution < 1.29 is 0 Å². The van der Waals surface area contributed by atoms with Gasteiger partial charge >= 0.3 is 0 Å². The van der Waals surface area contributed by atoms with Gasteiger partial charge in [-0.3, -0.25) is 0 Å². The third-order valence-corrected chi connectivity index (χ3v) is 3.92. The maximum absolute atomic E-state index is 4.77. The second kappa shape index (κ2) is 5.20. The molecule has 2 aliphatic heterocycles. The number of halogens is 1. The molecular formula is C14H20ClN5. The Balaban J connectivity index is 0.00000121. The second-order valence-electron chi connectivity index (χ2n) is 5.75. The number of aromatic nitrogens is 4. The summed E-state index contributed by atoms with van der Waals surface area (Å²) in [5.74, 6) is 4.33. The molecule has 0 amide bonds. The van der Waals surface area contributed by atoms with Gasteiger partial charge in [-0.05, 0) is 38.5 Å². The second-order valence-corrected chi connectivity index (χ2v) is 5.75. The standard InChI is InChI=1S/C14H19N5.ClH/c1-2-15-13-11-14(18-12(17-11)10-5-6-10)19(8-16-13)7-9-3-4-9;/h8-10,15H,2-7H2,1H3;1H. The Morgan fingerprint density at radius 2 is 2.05 bits per heavy atom. The summed E-state index contributed by atoms with van der Waals surface area (Å²) in [7, 11) is 0. The number of hydrogen-bond acceptors (Lipinski definition) is 4. The van der Waals surface area contributed by atoms with Crippen molar-refractivity contribution in [2.24, 2.45) is 5.92 Å². The van der Waals surface area contributed by atoms with Crippen LogP contribution < -0.4 is 5.32 Å². The fraction of sp³-hybridized carbons (Fsp3) is 0.643. The Bertz CT molecular complexity index is 573. The number of imidazole rings is 1. The van der Waals surface area contributed by atoms with Gasteiger partial charge in [0.15, 0.2) is 17.3 Å². The highest BCUT2D eigenvalue weighted by Gasteiger charge is 2.32. The molecule has 0 bridgehead atoms. The number of nitrogens with one attached hydrogen (secondary N) is 1. The van der Waals surface area contributed by atoms with Crippen molar-refractivity contribution in [3.05, 3.63) is 12.2 Å². The van der Waals surface area contributed by atoms with E-state index in [9.17, 15) is 0 Å². The van der Waals surface area contributed by atoms with E-state index in [1.807, 2.05) is 6.33 Å². The number of fused-ring (bicyclic) bond motifs is 1. The van der Waals surface area contributed by atoms with Crippen LogP contribution in [0.3, 0.4) is 0 Å². The van der Waals surface area contributed by atoms with Crippen LogP contribution in [0.25, 0.3) is 11.5 Å². The van der Waals surface area contributed by atoms with Crippen LogP contribution in [0.1, 0.15) is 44.3 Å². The zero-order chi connectivity index (χ0) is 12.8. The van der Waals surface area contributed by atoms with Crippen LogP contribution >= 0.6 is 12.4 Å². The molecule has 4 rings (SSSR count). The van der Waals surface area contributed by atoms with Crippen LogP contribution in [0.5, 0.6) is 0 Å². The molecule has 2 heterocycles. The van der Waals surface area contributed by atoms with E-state index in [0.717, 1.165) is 42.2 Å². The van der Waals surface area contributed by atoms with E-state index in [2.05, 4.69) is 21.8 Å². The Kier molecular flexibility index (Phi) is 3.54. The lowest BCUT2D eigenvalue weighted by Gasteiger charge is -2.12. The lowest BCUT2D eigenvalue weighted by molar-refractivity contribution is 0.612. The average molecular weight is 294 g/mol. The maximum atomic E-state index is 4.77. The van der Waals surface area contributed by atoms with Gasteiger partial charge in [-0.15, -0.1) is 12.4 Å². The molecule has 108 valence electrons. The van der Waals surface area contributed by atoms with Crippen LogP contribution in [0.4, 0.5) is 5.82 Å². The molecule has 0 unspecified atom stereocenters. The van der Waals surface area contributed by atoms with Gasteiger partial charge in [0.05, 0.1) is 6.33 Å². The normalized spacial score (nSPS) is 18.1. The van der Waals surface area contributed by atoms with Crippen molar-refractivity contribution in [1.82, 2.24) is 19.5 Å². The first-order chi connectivity index (χ1) is 9.35. The van der Waals surface area contributed by atoms with E-state index in [1.54, 1.807) is 0 Å². The largest absolute Gasteiger partial charge is 0.368 e. The molecule has 0 spiro atoms. The molecule has 1 N–H and O–H groups in total. The van der Waals surface area contributed by atoms with Crippen molar-refractivity contribution in [2.75, 3.05) is 11.9 Å². The van der Waals surface area contributed by atoms with Crippen molar-refractivity contribution in [1.29, 1.82) is 0 Å². The molecule has 5 nitrogen and oxygen atoms in total. The lowest BCUT2D eigenvalue weighted by Crippen LogP contribution is -2.10. The Morgan fingerprint density at radius 3 is 2.70 bits per heavy atom. The van der Waals surface area contributed by atoms with Gasteiger partial charge in [-0.1, -0.05) is 0 Å². The van der Waals surface area contributed by atoms with Crippen molar-refractivity contribution in [3.63, 3.8) is 0 Å². The predicted octanol–water partition coefficient (Wildman–Crippen LogP) is 2.92. The zero-order valence-electron chi connectivity index (χ0n) is 11.7. The van der Waals surface area contributed by atoms with E-state index in [0.29, 0.717) is 5.92 Å². The molecule has 0 aromatic heterocycles. The highest BCUT2D eigenvalue weighted by atomic mass is 35.5. The van der Waals surface area contributed by atoms with Gasteiger partial charge in [0.25, 0.3) is 0 Å². The molecular weight excluding hydrogens is 274 g/mol. The van der Waals surface area contributed by atoms with Crippen LogP contribution in [-0.2, 0) is 6.54 Å². The molecule has 2 aliphatic carbocycles. The number of hydrogen-bond donors (Lipinski definition) is 1. The first kappa shape index (κ1) is 13.6. The molecule has 20 heavy (non-hydrogen) atoms. The first-order valence-corrected chi connectivity index (χ1v) is 7.31. The molecule has 0 aromatic carbocycles. The zero-order valence-corrected chi connectivity index (χ0v) is 12.5. The minimum absolute atomic E-state index is 0. The Morgan fingerprint density at radius 1 is 1.25 bits per heavy atom. The minimum atomic E-state index is 0. The summed E-state index contributed by atoms with van der Waals surface area (Å²) in [6.07, 6.45) is 7.08. The SMILES string of the molecule is CCNc1ncn(CC2CC2)c2nc(C3CC3)nc1-2.Cl. The minimum Gasteiger partial charge on any atom is -0.368 e. The summed E-state index contributed by atoms with van der Waals surface area (Å²) in [6.45, 7) is 3.98. The number of rotatable bonds is 5. The highest BCUT2D eigenvalue weighted by molar-refractivity contribution is 5.85. The summed E-state index contributed by atoms with van der Waals surface area (Å²) in [5.41, 5.74) is 0.951. The molecule has 6 heteroatoms. The van der Waals surface area contributed by atoms with Crippen LogP contribution in [0, 0.1) is 5.92 Å². The smallest absolute Gasteiger partial charge is 0.165 e. The van der Waals surface area contributed by atoms with Gasteiger partial charge in [0.2, 0.25) is 0 Å². The van der Waals surface area contributed by atoms with Crippen molar-refractivity contribution in [2.45, 2.75) is 45.1 Å². The third-order valence-electron chi connectivity index (χ3n) is 3.92. The number of anilines is 1. The van der Waals surface area contributed by atoms with Crippen molar-refractivity contribution in [3.8, 4) is 11.5 Å². The van der Waals surface area contributed by atoms with E-state index >= 15 is 0 Å². The van der Waals surface area contributed by atoms with E-state index in [-0.39, 0.29) is 12.4 Å². The highest BCUT2D eigenvalue weighted by Crippen LogP contribution is 2.41. The summed E-state index contributed by atoms with van der Waals surface area (Å²) < 4.78 is 2.19. The van der Waals surface area contributed by atoms with Gasteiger partial charge < -0.3 is 9.88 Å². The van der Waals surface area contributed by atoms with Gasteiger partial charge in [0.1, 0.15) is 5.82 Å².